The molecular weight excluding hydrogens is 374 g/mol. The van der Waals surface area contributed by atoms with E-state index in [9.17, 15) is 14.9 Å². The lowest BCUT2D eigenvalue weighted by atomic mass is 10.1. The van der Waals surface area contributed by atoms with Gasteiger partial charge in [0.1, 0.15) is 5.56 Å². The summed E-state index contributed by atoms with van der Waals surface area (Å²) < 4.78 is 0. The fourth-order valence-electron chi connectivity index (χ4n) is 2.91. The summed E-state index contributed by atoms with van der Waals surface area (Å²) in [6, 6.07) is 19.5. The Kier molecular flexibility index (Phi) is 5.93. The van der Waals surface area contributed by atoms with Gasteiger partial charge in [-0.25, -0.2) is 0 Å². The van der Waals surface area contributed by atoms with Crippen molar-refractivity contribution < 1.29 is 4.79 Å². The number of carbonyl (C=O) groups excluding carboxylic acids is 1. The van der Waals surface area contributed by atoms with E-state index in [1.807, 2.05) is 18.2 Å². The summed E-state index contributed by atoms with van der Waals surface area (Å²) in [6.07, 6.45) is 0.548. The predicted octanol–water partition coefficient (Wildman–Crippen LogP) is 4.10. The van der Waals surface area contributed by atoms with Crippen molar-refractivity contribution in [1.29, 1.82) is 5.26 Å². The Morgan fingerprint density at radius 2 is 1.93 bits per heavy atom. The van der Waals surface area contributed by atoms with Crippen molar-refractivity contribution in [2.75, 3.05) is 11.4 Å². The highest BCUT2D eigenvalue weighted by Gasteiger charge is 2.21. The van der Waals surface area contributed by atoms with E-state index in [1.165, 1.54) is 11.0 Å². The number of benzene rings is 2. The second-order valence-electron chi connectivity index (χ2n) is 6.38. The van der Waals surface area contributed by atoms with Crippen LogP contribution in [0.5, 0.6) is 0 Å². The molecule has 140 valence electrons. The lowest BCUT2D eigenvalue weighted by Gasteiger charge is -2.23. The molecule has 0 aliphatic heterocycles. The number of hydrogen-bond acceptors (Lipinski definition) is 3. The molecule has 0 saturated heterocycles. The standard InChI is InChI=1S/C22H18ClN3O2/c1-15-8-9-20(21(27)25-15)22(28)26(19-7-3-5-17(13-19)14-24)11-10-16-4-2-6-18(23)12-16/h2-9,12-13H,10-11H2,1H3,(H,25,27). The van der Waals surface area contributed by atoms with Gasteiger partial charge in [-0.1, -0.05) is 29.8 Å². The highest BCUT2D eigenvalue weighted by Crippen LogP contribution is 2.20. The van der Waals surface area contributed by atoms with E-state index in [1.54, 1.807) is 43.3 Å². The van der Waals surface area contributed by atoms with Crippen molar-refractivity contribution in [1.82, 2.24) is 4.98 Å². The molecule has 0 aliphatic carbocycles. The summed E-state index contributed by atoms with van der Waals surface area (Å²) >= 11 is 6.05. The maximum absolute atomic E-state index is 13.2. The zero-order chi connectivity index (χ0) is 20.1. The smallest absolute Gasteiger partial charge is 0.263 e. The number of aromatic nitrogens is 1. The highest BCUT2D eigenvalue weighted by atomic mass is 35.5. The van der Waals surface area contributed by atoms with Gasteiger partial charge in [0.15, 0.2) is 0 Å². The number of hydrogen-bond donors (Lipinski definition) is 1. The van der Waals surface area contributed by atoms with Gasteiger partial charge < -0.3 is 9.88 Å². The molecule has 0 radical (unpaired) electrons. The average molecular weight is 392 g/mol. The minimum Gasteiger partial charge on any atom is -0.326 e. The molecule has 28 heavy (non-hydrogen) atoms. The molecule has 2 aromatic carbocycles. The van der Waals surface area contributed by atoms with E-state index in [4.69, 9.17) is 11.6 Å². The lowest BCUT2D eigenvalue weighted by molar-refractivity contribution is 0.0985. The molecule has 0 bridgehead atoms. The van der Waals surface area contributed by atoms with Gasteiger partial charge in [-0.2, -0.15) is 5.26 Å². The maximum atomic E-state index is 13.2. The number of anilines is 1. The number of amides is 1. The van der Waals surface area contributed by atoms with Gasteiger partial charge in [0, 0.05) is 22.9 Å². The molecule has 1 amide bonds. The predicted molar refractivity (Wildman–Crippen MR) is 110 cm³/mol. The van der Waals surface area contributed by atoms with E-state index in [0.29, 0.717) is 34.9 Å². The molecule has 0 aliphatic rings. The van der Waals surface area contributed by atoms with Gasteiger partial charge in [-0.3, -0.25) is 9.59 Å². The Labute approximate surface area is 167 Å². The van der Waals surface area contributed by atoms with Crippen LogP contribution in [-0.2, 0) is 6.42 Å². The Bertz CT molecular complexity index is 1120. The highest BCUT2D eigenvalue weighted by molar-refractivity contribution is 6.30. The Morgan fingerprint density at radius 3 is 2.64 bits per heavy atom. The zero-order valence-electron chi connectivity index (χ0n) is 15.3. The number of nitrogens with one attached hydrogen (secondary N) is 1. The average Bonchev–Trinajstić information content (AvgIpc) is 2.68. The van der Waals surface area contributed by atoms with Crippen molar-refractivity contribution in [2.24, 2.45) is 0 Å². The van der Waals surface area contributed by atoms with Gasteiger partial charge in [-0.05, 0) is 61.4 Å². The normalized spacial score (nSPS) is 10.3. The summed E-state index contributed by atoms with van der Waals surface area (Å²) in [5.74, 6) is -0.418. The maximum Gasteiger partial charge on any atom is 0.263 e. The first-order chi connectivity index (χ1) is 13.5. The van der Waals surface area contributed by atoms with Crippen LogP contribution in [0.2, 0.25) is 5.02 Å². The third-order valence-corrected chi connectivity index (χ3v) is 4.57. The first kappa shape index (κ1) is 19.4. The lowest BCUT2D eigenvalue weighted by Crippen LogP contribution is -2.36. The first-order valence-corrected chi connectivity index (χ1v) is 9.12. The van der Waals surface area contributed by atoms with E-state index in [2.05, 4.69) is 11.1 Å². The van der Waals surface area contributed by atoms with Gasteiger partial charge in [0.05, 0.1) is 11.6 Å². The van der Waals surface area contributed by atoms with Crippen LogP contribution < -0.4 is 10.5 Å². The molecule has 1 heterocycles. The molecule has 3 aromatic rings. The molecule has 3 rings (SSSR count). The molecular formula is C22H18ClN3O2. The van der Waals surface area contributed by atoms with Crippen LogP contribution in [0.25, 0.3) is 0 Å². The number of aromatic amines is 1. The minimum absolute atomic E-state index is 0.0547. The van der Waals surface area contributed by atoms with Crippen LogP contribution in [0, 0.1) is 18.3 Å². The number of aryl methyl sites for hydroxylation is 1. The van der Waals surface area contributed by atoms with Crippen molar-refractivity contribution in [3.8, 4) is 6.07 Å². The van der Waals surface area contributed by atoms with Gasteiger partial charge >= 0.3 is 0 Å². The van der Waals surface area contributed by atoms with E-state index in [0.717, 1.165) is 5.56 Å². The molecule has 0 fully saturated rings. The molecule has 5 nitrogen and oxygen atoms in total. The SMILES string of the molecule is Cc1ccc(C(=O)N(CCc2cccc(Cl)c2)c2cccc(C#N)c2)c(=O)[nH]1. The van der Waals surface area contributed by atoms with Crippen molar-refractivity contribution >= 4 is 23.2 Å². The third-order valence-electron chi connectivity index (χ3n) is 4.33. The molecule has 1 aromatic heterocycles. The van der Waals surface area contributed by atoms with Crippen LogP contribution in [0.4, 0.5) is 5.69 Å². The number of halogens is 1. The van der Waals surface area contributed by atoms with Crippen LogP contribution in [0.1, 0.15) is 27.2 Å². The number of rotatable bonds is 5. The van der Waals surface area contributed by atoms with Gasteiger partial charge in [0.2, 0.25) is 0 Å². The monoisotopic (exact) mass is 391 g/mol. The molecule has 0 saturated carbocycles. The van der Waals surface area contributed by atoms with Crippen molar-refractivity contribution in [2.45, 2.75) is 13.3 Å². The number of pyridine rings is 1. The molecule has 6 heteroatoms. The number of H-pyrrole nitrogens is 1. The molecule has 0 atom stereocenters. The molecule has 0 unspecified atom stereocenters. The quantitative estimate of drug-likeness (QED) is 0.711. The fraction of sp³-hybridized carbons (Fsp3) is 0.136. The Morgan fingerprint density at radius 1 is 1.14 bits per heavy atom. The Balaban J connectivity index is 1.97. The van der Waals surface area contributed by atoms with E-state index >= 15 is 0 Å². The topological polar surface area (TPSA) is 77.0 Å². The van der Waals surface area contributed by atoms with Crippen LogP contribution in [0.15, 0.2) is 65.5 Å². The zero-order valence-corrected chi connectivity index (χ0v) is 16.0. The number of nitriles is 1. The molecule has 0 spiro atoms. The number of nitrogens with zero attached hydrogens (tertiary/aromatic N) is 2. The minimum atomic E-state index is -0.436. The Hall–Kier alpha value is -3.36. The first-order valence-electron chi connectivity index (χ1n) is 8.74. The summed E-state index contributed by atoms with van der Waals surface area (Å²) in [7, 11) is 0. The third kappa shape index (κ3) is 4.48. The largest absolute Gasteiger partial charge is 0.326 e. The summed E-state index contributed by atoms with van der Waals surface area (Å²) in [5, 5.41) is 9.81. The van der Waals surface area contributed by atoms with Gasteiger partial charge in [0.25, 0.3) is 11.5 Å². The molecule has 1 N–H and O–H groups in total. The summed E-state index contributed by atoms with van der Waals surface area (Å²) in [6.45, 7) is 2.09. The van der Waals surface area contributed by atoms with Crippen LogP contribution in [-0.4, -0.2) is 17.4 Å². The van der Waals surface area contributed by atoms with Gasteiger partial charge in [-0.15, -0.1) is 0 Å². The fourth-order valence-corrected chi connectivity index (χ4v) is 3.12. The second-order valence-corrected chi connectivity index (χ2v) is 6.82. The van der Waals surface area contributed by atoms with E-state index in [-0.39, 0.29) is 5.56 Å². The number of carbonyl (C=O) groups is 1. The summed E-state index contributed by atoms with van der Waals surface area (Å²) in [4.78, 5) is 29.6. The van der Waals surface area contributed by atoms with Crippen LogP contribution in [0.3, 0.4) is 0 Å². The summed E-state index contributed by atoms with van der Waals surface area (Å²) in [5.41, 5.74) is 2.27. The van der Waals surface area contributed by atoms with Crippen molar-refractivity contribution in [3.63, 3.8) is 0 Å². The van der Waals surface area contributed by atoms with Crippen LogP contribution >= 0.6 is 11.6 Å². The second kappa shape index (κ2) is 8.55. The van der Waals surface area contributed by atoms with Crippen molar-refractivity contribution in [3.05, 3.63) is 98.4 Å². The van der Waals surface area contributed by atoms with E-state index < -0.39 is 11.5 Å².